The maximum Gasteiger partial charge on any atom is 0.252 e. The van der Waals surface area contributed by atoms with Gasteiger partial charge in [0.15, 0.2) is 0 Å². The molecule has 0 bridgehead atoms. The molecule has 4 N–H and O–H groups in total. The summed E-state index contributed by atoms with van der Waals surface area (Å²) in [7, 11) is 0. The second-order valence-electron chi connectivity index (χ2n) is 7.02. The van der Waals surface area contributed by atoms with Crippen LogP contribution in [0.4, 0.5) is 0 Å². The monoisotopic (exact) mass is 336 g/mol. The van der Waals surface area contributed by atoms with Crippen LogP contribution in [0.5, 0.6) is 5.75 Å². The van der Waals surface area contributed by atoms with Gasteiger partial charge in [0.2, 0.25) is 5.91 Å². The van der Waals surface area contributed by atoms with Gasteiger partial charge in [-0.25, -0.2) is 0 Å². The van der Waals surface area contributed by atoms with Crippen molar-refractivity contribution in [1.29, 1.82) is 0 Å². The Morgan fingerprint density at radius 1 is 1.08 bits per heavy atom. The summed E-state index contributed by atoms with van der Waals surface area (Å²) in [6.45, 7) is 2.20. The van der Waals surface area contributed by atoms with Crippen molar-refractivity contribution >= 4 is 11.8 Å². The van der Waals surface area contributed by atoms with E-state index in [-0.39, 0.29) is 23.1 Å². The molecule has 128 valence electrons. The van der Waals surface area contributed by atoms with Crippen molar-refractivity contribution < 1.29 is 14.3 Å². The fraction of sp³-hybridized carbons (Fsp3) is 0.300. The first-order valence-electron chi connectivity index (χ1n) is 8.46. The molecule has 2 aromatic carbocycles. The lowest BCUT2D eigenvalue weighted by Crippen LogP contribution is -2.23. The van der Waals surface area contributed by atoms with E-state index in [1.807, 2.05) is 30.3 Å². The summed E-state index contributed by atoms with van der Waals surface area (Å²) in [5.41, 5.74) is 13.4. The lowest BCUT2D eigenvalue weighted by atomic mass is 9.84. The number of hydrogen-bond acceptors (Lipinski definition) is 3. The fourth-order valence-electron chi connectivity index (χ4n) is 3.89. The quantitative estimate of drug-likeness (QED) is 0.897. The van der Waals surface area contributed by atoms with Crippen LogP contribution in [0.1, 0.15) is 51.1 Å². The lowest BCUT2D eigenvalue weighted by Gasteiger charge is -2.19. The molecule has 0 aromatic heterocycles. The molecule has 4 rings (SSSR count). The molecule has 5 nitrogen and oxygen atoms in total. The van der Waals surface area contributed by atoms with Crippen molar-refractivity contribution in [3.63, 3.8) is 0 Å². The van der Waals surface area contributed by atoms with Crippen LogP contribution in [0.2, 0.25) is 0 Å². The highest BCUT2D eigenvalue weighted by Gasteiger charge is 2.50. The molecule has 5 heteroatoms. The summed E-state index contributed by atoms with van der Waals surface area (Å²) in [6, 6.07) is 13.2. The summed E-state index contributed by atoms with van der Waals surface area (Å²) in [4.78, 5) is 23.7. The standard InChI is InChI=1S/C20H20N2O3/c1-10-7-13(10)18-16(11-5-3-2-4-6-11)14-8-12(19(21)23)9-15(20(22)24)17(14)25-18/h2-6,8-10,13,16,18H,7H2,1H3,(H2,21,23)(H2,22,24)/t10-,13-,16?,18?/m0/s1. The molecule has 2 amide bonds. The summed E-state index contributed by atoms with van der Waals surface area (Å²) in [5, 5.41) is 0. The Balaban J connectivity index is 1.90. The number of fused-ring (bicyclic) bond motifs is 1. The second-order valence-corrected chi connectivity index (χ2v) is 7.02. The van der Waals surface area contributed by atoms with Crippen LogP contribution >= 0.6 is 0 Å². The zero-order valence-corrected chi connectivity index (χ0v) is 13.9. The number of nitrogens with two attached hydrogens (primary N) is 2. The Morgan fingerprint density at radius 3 is 2.32 bits per heavy atom. The number of amides is 2. The highest BCUT2D eigenvalue weighted by atomic mass is 16.5. The molecular weight excluding hydrogens is 316 g/mol. The van der Waals surface area contributed by atoms with Crippen LogP contribution in [0, 0.1) is 11.8 Å². The predicted octanol–water partition coefficient (Wildman–Crippen LogP) is 2.43. The van der Waals surface area contributed by atoms with Crippen molar-refractivity contribution in [2.45, 2.75) is 25.4 Å². The predicted molar refractivity (Wildman–Crippen MR) is 93.4 cm³/mol. The molecule has 1 aliphatic heterocycles. The van der Waals surface area contributed by atoms with Gasteiger partial charge < -0.3 is 16.2 Å². The van der Waals surface area contributed by atoms with E-state index >= 15 is 0 Å². The second kappa shape index (κ2) is 5.62. The van der Waals surface area contributed by atoms with Crippen LogP contribution in [0.25, 0.3) is 0 Å². The third-order valence-electron chi connectivity index (χ3n) is 5.34. The Bertz CT molecular complexity index is 863. The Hall–Kier alpha value is -2.82. The number of carbonyl (C=O) groups is 2. The third kappa shape index (κ3) is 2.56. The lowest BCUT2D eigenvalue weighted by molar-refractivity contribution is 0.0993. The molecule has 1 aliphatic carbocycles. The van der Waals surface area contributed by atoms with Gasteiger partial charge in [0.25, 0.3) is 5.91 Å². The average molecular weight is 336 g/mol. The minimum absolute atomic E-state index is 0.0384. The zero-order valence-electron chi connectivity index (χ0n) is 13.9. The van der Waals surface area contributed by atoms with Gasteiger partial charge in [0.1, 0.15) is 11.9 Å². The van der Waals surface area contributed by atoms with E-state index in [0.717, 1.165) is 17.5 Å². The number of ether oxygens (including phenoxy) is 1. The largest absolute Gasteiger partial charge is 0.488 e. The minimum Gasteiger partial charge on any atom is -0.488 e. The number of carbonyl (C=O) groups excluding carboxylic acids is 2. The summed E-state index contributed by atoms with van der Waals surface area (Å²) in [5.74, 6) is 0.267. The number of hydrogen-bond donors (Lipinski definition) is 2. The Morgan fingerprint density at radius 2 is 1.76 bits per heavy atom. The van der Waals surface area contributed by atoms with Gasteiger partial charge in [-0.3, -0.25) is 9.59 Å². The number of benzene rings is 2. The van der Waals surface area contributed by atoms with Crippen molar-refractivity contribution in [2.75, 3.05) is 0 Å². The highest BCUT2D eigenvalue weighted by molar-refractivity contribution is 6.01. The van der Waals surface area contributed by atoms with Gasteiger partial charge in [0, 0.05) is 17.0 Å². The third-order valence-corrected chi connectivity index (χ3v) is 5.34. The Kier molecular flexibility index (Phi) is 3.53. The summed E-state index contributed by atoms with van der Waals surface area (Å²) < 4.78 is 6.24. The van der Waals surface area contributed by atoms with Crippen molar-refractivity contribution in [3.8, 4) is 5.75 Å². The van der Waals surface area contributed by atoms with E-state index in [2.05, 4.69) is 6.92 Å². The smallest absolute Gasteiger partial charge is 0.252 e. The minimum atomic E-state index is -0.615. The van der Waals surface area contributed by atoms with E-state index in [4.69, 9.17) is 16.2 Å². The van der Waals surface area contributed by atoms with Crippen molar-refractivity contribution in [3.05, 3.63) is 64.7 Å². The molecule has 4 atom stereocenters. The molecular formula is C20H20N2O3. The molecule has 0 saturated heterocycles. The van der Waals surface area contributed by atoms with Gasteiger partial charge in [-0.1, -0.05) is 37.3 Å². The van der Waals surface area contributed by atoms with E-state index in [1.54, 1.807) is 6.07 Å². The van der Waals surface area contributed by atoms with Crippen molar-refractivity contribution in [1.82, 2.24) is 0 Å². The first kappa shape index (κ1) is 15.7. The topological polar surface area (TPSA) is 95.4 Å². The van der Waals surface area contributed by atoms with Crippen LogP contribution in [0.3, 0.4) is 0 Å². The van der Waals surface area contributed by atoms with Crippen LogP contribution in [-0.2, 0) is 0 Å². The first-order valence-corrected chi connectivity index (χ1v) is 8.46. The van der Waals surface area contributed by atoms with Gasteiger partial charge in [-0.2, -0.15) is 0 Å². The molecule has 1 saturated carbocycles. The van der Waals surface area contributed by atoms with Gasteiger partial charge in [0.05, 0.1) is 5.56 Å². The van der Waals surface area contributed by atoms with Crippen LogP contribution < -0.4 is 16.2 Å². The molecule has 25 heavy (non-hydrogen) atoms. The van der Waals surface area contributed by atoms with E-state index in [1.165, 1.54) is 6.07 Å². The molecule has 2 aromatic rings. The number of rotatable bonds is 4. The average Bonchev–Trinajstić information content (AvgIpc) is 3.19. The van der Waals surface area contributed by atoms with E-state index in [9.17, 15) is 9.59 Å². The van der Waals surface area contributed by atoms with Gasteiger partial charge >= 0.3 is 0 Å². The molecule has 1 fully saturated rings. The maximum atomic E-state index is 11.9. The first-order chi connectivity index (χ1) is 12.0. The highest BCUT2D eigenvalue weighted by Crippen LogP contribution is 2.54. The van der Waals surface area contributed by atoms with E-state index < -0.39 is 11.8 Å². The normalized spacial score (nSPS) is 26.6. The summed E-state index contributed by atoms with van der Waals surface area (Å²) >= 11 is 0. The van der Waals surface area contributed by atoms with Crippen LogP contribution in [0.15, 0.2) is 42.5 Å². The van der Waals surface area contributed by atoms with Crippen molar-refractivity contribution in [2.24, 2.45) is 23.3 Å². The van der Waals surface area contributed by atoms with Crippen LogP contribution in [-0.4, -0.2) is 17.9 Å². The Labute approximate surface area is 146 Å². The maximum absolute atomic E-state index is 11.9. The number of primary amides is 2. The summed E-state index contributed by atoms with van der Waals surface area (Å²) in [6.07, 6.45) is 1.03. The zero-order chi connectivity index (χ0) is 17.7. The van der Waals surface area contributed by atoms with Gasteiger partial charge in [-0.15, -0.1) is 0 Å². The SMILES string of the molecule is C[C@H]1C[C@@H]1C1Oc2c(C(N)=O)cc(C(N)=O)cc2C1c1ccccc1. The van der Waals surface area contributed by atoms with E-state index in [0.29, 0.717) is 17.6 Å². The van der Waals surface area contributed by atoms with Gasteiger partial charge in [-0.05, 0) is 36.0 Å². The molecule has 2 aliphatic rings. The molecule has 0 radical (unpaired) electrons. The molecule has 0 spiro atoms. The molecule has 1 heterocycles. The molecule has 2 unspecified atom stereocenters. The fourth-order valence-corrected chi connectivity index (χ4v) is 3.89.